The Bertz CT molecular complexity index is 843. The van der Waals surface area contributed by atoms with Crippen LogP contribution >= 0.6 is 0 Å². The summed E-state index contributed by atoms with van der Waals surface area (Å²) in [7, 11) is 0. The summed E-state index contributed by atoms with van der Waals surface area (Å²) in [5, 5.41) is 0. The fraction of sp³-hybridized carbons (Fsp3) is 0.579. The lowest BCUT2D eigenvalue weighted by molar-refractivity contribution is -0.147. The van der Waals surface area contributed by atoms with E-state index in [1.165, 1.54) is 0 Å². The molecule has 1 amide bonds. The molecule has 134 valence electrons. The fourth-order valence-electron chi connectivity index (χ4n) is 4.14. The first-order valence-electron chi connectivity index (χ1n) is 9.10. The van der Waals surface area contributed by atoms with Gasteiger partial charge in [0.2, 0.25) is 0 Å². The third-order valence-corrected chi connectivity index (χ3v) is 5.51. The number of para-hydroxylation sites is 2. The van der Waals surface area contributed by atoms with Crippen LogP contribution in [0.1, 0.15) is 45.6 Å². The molecular formula is C19H25N3O3. The minimum absolute atomic E-state index is 0.0631. The number of piperidine rings is 1. The molecule has 2 aliphatic heterocycles. The van der Waals surface area contributed by atoms with Crippen molar-refractivity contribution >= 4 is 16.9 Å². The van der Waals surface area contributed by atoms with E-state index in [9.17, 15) is 9.59 Å². The summed E-state index contributed by atoms with van der Waals surface area (Å²) in [4.78, 5) is 29.9. The molecule has 1 atom stereocenters. The predicted molar refractivity (Wildman–Crippen MR) is 95.6 cm³/mol. The van der Waals surface area contributed by atoms with Crippen LogP contribution in [0.5, 0.6) is 0 Å². The van der Waals surface area contributed by atoms with E-state index in [4.69, 9.17) is 4.74 Å². The highest BCUT2D eigenvalue weighted by atomic mass is 16.5. The molecule has 2 fully saturated rings. The van der Waals surface area contributed by atoms with Gasteiger partial charge in [-0.15, -0.1) is 0 Å². The second-order valence-electron chi connectivity index (χ2n) is 7.78. The van der Waals surface area contributed by atoms with Crippen LogP contribution in [0.2, 0.25) is 0 Å². The Morgan fingerprint density at radius 1 is 1.20 bits per heavy atom. The maximum Gasteiger partial charge on any atom is 0.326 e. The summed E-state index contributed by atoms with van der Waals surface area (Å²) >= 11 is 0. The Kier molecular flexibility index (Phi) is 3.95. The van der Waals surface area contributed by atoms with Gasteiger partial charge in [0.1, 0.15) is 6.10 Å². The van der Waals surface area contributed by atoms with Crippen molar-refractivity contribution in [2.45, 2.75) is 57.3 Å². The minimum Gasteiger partial charge on any atom is -0.363 e. The average Bonchev–Trinajstić information content (AvgIpc) is 3.13. The molecule has 0 spiro atoms. The molecule has 0 radical (unpaired) electrons. The van der Waals surface area contributed by atoms with Crippen molar-refractivity contribution < 1.29 is 9.53 Å². The van der Waals surface area contributed by atoms with Crippen molar-refractivity contribution in [3.8, 4) is 0 Å². The highest BCUT2D eigenvalue weighted by molar-refractivity contribution is 5.81. The highest BCUT2D eigenvalue weighted by Crippen LogP contribution is 2.32. The summed E-state index contributed by atoms with van der Waals surface area (Å²) in [6.45, 7) is 5.43. The zero-order chi connectivity index (χ0) is 17.6. The average molecular weight is 343 g/mol. The Labute approximate surface area is 146 Å². The van der Waals surface area contributed by atoms with E-state index in [2.05, 4.69) is 4.98 Å². The number of carbonyl (C=O) groups is 1. The first-order valence-corrected chi connectivity index (χ1v) is 9.10. The van der Waals surface area contributed by atoms with Gasteiger partial charge in [-0.2, -0.15) is 0 Å². The van der Waals surface area contributed by atoms with Crippen molar-refractivity contribution in [2.75, 3.05) is 13.1 Å². The number of aromatic amines is 1. The van der Waals surface area contributed by atoms with Crippen LogP contribution in [0.4, 0.5) is 0 Å². The molecular weight excluding hydrogens is 318 g/mol. The predicted octanol–water partition coefficient (Wildman–Crippen LogP) is 2.45. The van der Waals surface area contributed by atoms with Gasteiger partial charge in [0.25, 0.3) is 5.91 Å². The molecule has 2 aromatic rings. The number of nitrogens with zero attached hydrogens (tertiary/aromatic N) is 2. The Hall–Kier alpha value is -2.08. The number of carbonyl (C=O) groups excluding carboxylic acids is 1. The van der Waals surface area contributed by atoms with Gasteiger partial charge in [-0.3, -0.25) is 9.36 Å². The SMILES string of the molecule is CC1(C)CCC(C(=O)N2CCC(n3c(=O)[nH]c4ccccc43)CC2)O1. The maximum atomic E-state index is 12.7. The summed E-state index contributed by atoms with van der Waals surface area (Å²) in [5.74, 6) is 0.107. The molecule has 1 N–H and O–H groups in total. The van der Waals surface area contributed by atoms with E-state index in [-0.39, 0.29) is 29.3 Å². The number of aromatic nitrogens is 2. The first-order chi connectivity index (χ1) is 11.9. The lowest BCUT2D eigenvalue weighted by atomic mass is 10.0. The second kappa shape index (κ2) is 6.02. The number of imidazole rings is 1. The van der Waals surface area contributed by atoms with Crippen molar-refractivity contribution in [1.29, 1.82) is 0 Å². The maximum absolute atomic E-state index is 12.7. The summed E-state index contributed by atoms with van der Waals surface area (Å²) < 4.78 is 7.74. The number of hydrogen-bond acceptors (Lipinski definition) is 3. The zero-order valence-corrected chi connectivity index (χ0v) is 14.8. The van der Waals surface area contributed by atoms with Crippen molar-refractivity contribution in [3.05, 3.63) is 34.7 Å². The number of hydrogen-bond donors (Lipinski definition) is 1. The molecule has 25 heavy (non-hydrogen) atoms. The Morgan fingerprint density at radius 2 is 1.92 bits per heavy atom. The van der Waals surface area contributed by atoms with Crippen molar-refractivity contribution in [2.24, 2.45) is 0 Å². The highest BCUT2D eigenvalue weighted by Gasteiger charge is 2.38. The summed E-state index contributed by atoms with van der Waals surface area (Å²) in [6, 6.07) is 7.90. The van der Waals surface area contributed by atoms with Crippen LogP contribution < -0.4 is 5.69 Å². The van der Waals surface area contributed by atoms with Gasteiger partial charge in [0.05, 0.1) is 16.6 Å². The van der Waals surface area contributed by atoms with E-state index in [0.29, 0.717) is 13.1 Å². The number of benzene rings is 1. The molecule has 0 saturated carbocycles. The van der Waals surface area contributed by atoms with Crippen LogP contribution in [0.15, 0.2) is 29.1 Å². The van der Waals surface area contributed by atoms with Gasteiger partial charge in [-0.25, -0.2) is 4.79 Å². The molecule has 0 aliphatic carbocycles. The second-order valence-corrected chi connectivity index (χ2v) is 7.78. The zero-order valence-electron chi connectivity index (χ0n) is 14.8. The van der Waals surface area contributed by atoms with Crippen LogP contribution in [0, 0.1) is 0 Å². The van der Waals surface area contributed by atoms with E-state index in [1.54, 1.807) is 0 Å². The van der Waals surface area contributed by atoms with Crippen LogP contribution in [-0.4, -0.2) is 45.2 Å². The lowest BCUT2D eigenvalue weighted by Crippen LogP contribution is -2.45. The van der Waals surface area contributed by atoms with Gasteiger partial charge in [0, 0.05) is 19.1 Å². The largest absolute Gasteiger partial charge is 0.363 e. The van der Waals surface area contributed by atoms with Crippen LogP contribution in [-0.2, 0) is 9.53 Å². The van der Waals surface area contributed by atoms with Gasteiger partial charge >= 0.3 is 5.69 Å². The molecule has 2 saturated heterocycles. The first kappa shape index (κ1) is 16.4. The molecule has 6 nitrogen and oxygen atoms in total. The number of ether oxygens (including phenoxy) is 1. The Balaban J connectivity index is 1.46. The van der Waals surface area contributed by atoms with Crippen LogP contribution in [0.25, 0.3) is 11.0 Å². The topological polar surface area (TPSA) is 67.3 Å². The van der Waals surface area contributed by atoms with Gasteiger partial charge in [0.15, 0.2) is 0 Å². The minimum atomic E-state index is -0.303. The number of fused-ring (bicyclic) bond motifs is 1. The number of nitrogens with one attached hydrogen (secondary N) is 1. The number of likely N-dealkylation sites (tertiary alicyclic amines) is 1. The quantitative estimate of drug-likeness (QED) is 0.911. The van der Waals surface area contributed by atoms with Crippen molar-refractivity contribution in [3.63, 3.8) is 0 Å². The number of H-pyrrole nitrogens is 1. The normalized spacial score (nSPS) is 24.1. The van der Waals surface area contributed by atoms with E-state index < -0.39 is 0 Å². The molecule has 6 heteroatoms. The van der Waals surface area contributed by atoms with E-state index in [1.807, 2.05) is 47.6 Å². The number of amides is 1. The van der Waals surface area contributed by atoms with Gasteiger partial charge in [-0.05, 0) is 51.7 Å². The lowest BCUT2D eigenvalue weighted by Gasteiger charge is -2.34. The Morgan fingerprint density at radius 3 is 2.60 bits per heavy atom. The third-order valence-electron chi connectivity index (χ3n) is 5.51. The van der Waals surface area contributed by atoms with Gasteiger partial charge < -0.3 is 14.6 Å². The molecule has 1 aromatic heterocycles. The van der Waals surface area contributed by atoms with E-state index >= 15 is 0 Å². The standard InChI is InChI=1S/C19H25N3O3/c1-19(2)10-7-16(25-19)17(23)21-11-8-13(9-12-21)22-15-6-4-3-5-14(15)20-18(22)24/h3-6,13,16H,7-12H2,1-2H3,(H,20,24). The van der Waals surface area contributed by atoms with E-state index in [0.717, 1.165) is 36.7 Å². The summed E-state index contributed by atoms with van der Waals surface area (Å²) in [5.41, 5.74) is 1.55. The molecule has 4 rings (SSSR count). The molecule has 3 heterocycles. The fourth-order valence-corrected chi connectivity index (χ4v) is 4.14. The molecule has 1 aromatic carbocycles. The monoisotopic (exact) mass is 343 g/mol. The summed E-state index contributed by atoms with van der Waals surface area (Å²) in [6.07, 6.45) is 3.01. The van der Waals surface area contributed by atoms with Crippen LogP contribution in [0.3, 0.4) is 0 Å². The molecule has 1 unspecified atom stereocenters. The third kappa shape index (κ3) is 2.99. The molecule has 0 bridgehead atoms. The van der Waals surface area contributed by atoms with Gasteiger partial charge in [-0.1, -0.05) is 12.1 Å². The molecule has 2 aliphatic rings. The van der Waals surface area contributed by atoms with Crippen molar-refractivity contribution in [1.82, 2.24) is 14.5 Å². The number of rotatable bonds is 2. The smallest absolute Gasteiger partial charge is 0.326 e.